The molecule has 0 aromatic heterocycles. The lowest BCUT2D eigenvalue weighted by molar-refractivity contribution is -0.379. The van der Waals surface area contributed by atoms with Crippen molar-refractivity contribution in [1.29, 1.82) is 0 Å². The summed E-state index contributed by atoms with van der Waals surface area (Å²) < 4.78 is 34.3. The van der Waals surface area contributed by atoms with E-state index in [0.717, 1.165) is 109 Å². The first kappa shape index (κ1) is 89.1. The van der Waals surface area contributed by atoms with Crippen molar-refractivity contribution in [2.24, 2.45) is 0 Å². The number of unbranched alkanes of at least 4 members (excludes halogenated alkanes) is 21. The van der Waals surface area contributed by atoms with Gasteiger partial charge in [0.2, 0.25) is 5.91 Å². The van der Waals surface area contributed by atoms with Crippen LogP contribution in [0.25, 0.3) is 0 Å². The van der Waals surface area contributed by atoms with Gasteiger partial charge in [0.25, 0.3) is 0 Å². The first-order chi connectivity index (χ1) is 48.3. The van der Waals surface area contributed by atoms with E-state index in [1.807, 2.05) is 6.08 Å². The van der Waals surface area contributed by atoms with Crippen molar-refractivity contribution in [3.05, 3.63) is 134 Å². The topological polar surface area (TPSA) is 307 Å². The normalized spacial score (nSPS) is 27.4. The Balaban J connectivity index is 1.37. The molecule has 12 N–H and O–H groups in total. The van der Waals surface area contributed by atoms with Crippen LogP contribution in [0, 0.1) is 0 Å². The number of hydrogen-bond acceptors (Lipinski definition) is 18. The Kier molecular flexibility index (Phi) is 53.4. The average Bonchev–Trinajstić information content (AvgIpc) is 0.786. The minimum Gasteiger partial charge on any atom is -0.394 e. The monoisotopic (exact) mass is 1400 g/mol. The Bertz CT molecular complexity index is 2310. The molecule has 0 spiro atoms. The third-order valence-electron chi connectivity index (χ3n) is 17.9. The molecule has 19 nitrogen and oxygen atoms in total. The number of carbonyl (C=O) groups excluding carboxylic acids is 1. The summed E-state index contributed by atoms with van der Waals surface area (Å²) in [6, 6.07) is -1.01. The molecule has 3 aliphatic rings. The fraction of sp³-hybridized carbons (Fsp3) is 0.713. The van der Waals surface area contributed by atoms with Crippen molar-refractivity contribution in [3.8, 4) is 0 Å². The lowest BCUT2D eigenvalue weighted by Gasteiger charge is -2.48. The quantitative estimate of drug-likeness (QED) is 0.0199. The maximum absolute atomic E-state index is 13.4. The number of carbonyl (C=O) groups is 1. The summed E-state index contributed by atoms with van der Waals surface area (Å²) in [6.07, 6.45) is 57.2. The van der Waals surface area contributed by atoms with E-state index in [4.69, 9.17) is 28.4 Å². The molecule has 0 radical (unpaired) electrons. The molecule has 3 heterocycles. The van der Waals surface area contributed by atoms with E-state index < -0.39 is 124 Å². The van der Waals surface area contributed by atoms with Crippen LogP contribution in [0.5, 0.6) is 0 Å². The molecule has 3 fully saturated rings. The number of allylic oxidation sites excluding steroid dienone is 21. The first-order valence-electron chi connectivity index (χ1n) is 37.9. The molecule has 0 aromatic rings. The second kappa shape index (κ2) is 59.3. The Labute approximate surface area is 594 Å². The predicted molar refractivity (Wildman–Crippen MR) is 392 cm³/mol. The molecule has 566 valence electrons. The Morgan fingerprint density at radius 2 is 0.707 bits per heavy atom. The number of hydrogen-bond donors (Lipinski definition) is 12. The highest BCUT2D eigenvalue weighted by Crippen LogP contribution is 2.33. The summed E-state index contributed by atoms with van der Waals surface area (Å²) in [5, 5.41) is 121. The molecular weight excluding hydrogens is 1260 g/mol. The third kappa shape index (κ3) is 40.0. The Hall–Kier alpha value is -4.07. The van der Waals surface area contributed by atoms with E-state index in [1.54, 1.807) is 6.08 Å². The van der Waals surface area contributed by atoms with E-state index in [2.05, 4.69) is 141 Å². The van der Waals surface area contributed by atoms with Crippen molar-refractivity contribution in [1.82, 2.24) is 5.32 Å². The summed E-state index contributed by atoms with van der Waals surface area (Å²) in [6.45, 7) is 1.57. The van der Waals surface area contributed by atoms with Crippen molar-refractivity contribution in [3.63, 3.8) is 0 Å². The number of rotatable bonds is 57. The van der Waals surface area contributed by atoms with E-state index in [9.17, 15) is 61.0 Å². The van der Waals surface area contributed by atoms with Gasteiger partial charge in [-0.15, -0.1) is 0 Å². The molecule has 1 amide bonds. The summed E-state index contributed by atoms with van der Waals surface area (Å²) in [5.74, 6) is -0.297. The third-order valence-corrected chi connectivity index (χ3v) is 17.9. The van der Waals surface area contributed by atoms with Gasteiger partial charge in [0.1, 0.15) is 73.2 Å². The Morgan fingerprint density at radius 3 is 1.13 bits per heavy atom. The zero-order chi connectivity index (χ0) is 71.8. The molecule has 99 heavy (non-hydrogen) atoms. The zero-order valence-electron chi connectivity index (χ0n) is 60.2. The summed E-state index contributed by atoms with van der Waals surface area (Å²) in [4.78, 5) is 13.4. The maximum Gasteiger partial charge on any atom is 0.220 e. The Morgan fingerprint density at radius 1 is 0.374 bits per heavy atom. The van der Waals surface area contributed by atoms with Gasteiger partial charge in [-0.25, -0.2) is 0 Å². The summed E-state index contributed by atoms with van der Waals surface area (Å²) >= 11 is 0. The minimum atomic E-state index is -1.99. The van der Waals surface area contributed by atoms with Gasteiger partial charge < -0.3 is 89.9 Å². The highest BCUT2D eigenvalue weighted by atomic mass is 16.8. The van der Waals surface area contributed by atoms with Gasteiger partial charge in [0, 0.05) is 6.42 Å². The van der Waals surface area contributed by atoms with Crippen molar-refractivity contribution >= 4 is 5.91 Å². The minimum absolute atomic E-state index is 0.221. The van der Waals surface area contributed by atoms with Crippen LogP contribution in [-0.2, 0) is 33.2 Å². The molecular formula is C80H133NO18. The van der Waals surface area contributed by atoms with Crippen LogP contribution in [0.4, 0.5) is 0 Å². The van der Waals surface area contributed by atoms with Gasteiger partial charge in [0.05, 0.1) is 38.6 Å². The lowest BCUT2D eigenvalue weighted by atomic mass is 9.96. The van der Waals surface area contributed by atoms with Gasteiger partial charge in [0.15, 0.2) is 18.9 Å². The molecule has 3 aliphatic heterocycles. The van der Waals surface area contributed by atoms with Gasteiger partial charge in [-0.05, 0) is 109 Å². The molecule has 19 heteroatoms. The second-order valence-corrected chi connectivity index (χ2v) is 26.4. The molecule has 0 aromatic carbocycles. The van der Waals surface area contributed by atoms with E-state index in [0.29, 0.717) is 12.8 Å². The van der Waals surface area contributed by atoms with Crippen molar-refractivity contribution < 1.29 is 89.4 Å². The standard InChI is InChI=1S/C80H133NO18/c1-3-5-7-9-11-13-15-17-19-21-22-23-24-25-26-27-28-29-30-31-32-33-34-35-36-37-38-39-40-42-44-46-48-50-52-54-56-58-68(86)81-63(64(85)57-55-53-51-49-47-45-43-41-20-18-16-14-12-10-8-6-4-2)62-94-78-74(92)71(89)76(66(60-83)96-78)99-80-75(93)72(90)77(67(61-84)97-80)98-79-73(91)70(88)69(87)65(59-82)95-79/h5,7,11,13,17,19-20,22-23,25-26,28-29,31-32,34-35,41,47,49,55,57,63-67,69-80,82-85,87-93H,3-4,6,8-10,12,14-16,18,21,24,27,30,33,36-40,42-46,48,50-54,56,58-62H2,1-2H3,(H,81,86)/b7-5-,13-11-,19-17-,23-22-,26-25-,29-28-,32-31-,35-34-,41-20+,49-47+,57-55+. The van der Waals surface area contributed by atoms with Gasteiger partial charge >= 0.3 is 0 Å². The first-order valence-corrected chi connectivity index (χ1v) is 37.9. The van der Waals surface area contributed by atoms with Crippen LogP contribution in [0.3, 0.4) is 0 Å². The van der Waals surface area contributed by atoms with Crippen LogP contribution in [0.2, 0.25) is 0 Å². The highest BCUT2D eigenvalue weighted by molar-refractivity contribution is 5.76. The van der Waals surface area contributed by atoms with E-state index >= 15 is 0 Å². The number of aliphatic hydroxyl groups is 11. The van der Waals surface area contributed by atoms with Crippen LogP contribution in [0.1, 0.15) is 232 Å². The molecule has 0 saturated carbocycles. The molecule has 3 rings (SSSR count). The number of amides is 1. The van der Waals surface area contributed by atoms with Crippen LogP contribution in [0.15, 0.2) is 134 Å². The van der Waals surface area contributed by atoms with Crippen molar-refractivity contribution in [2.45, 2.75) is 336 Å². The fourth-order valence-electron chi connectivity index (χ4n) is 11.8. The van der Waals surface area contributed by atoms with Gasteiger partial charge in [-0.3, -0.25) is 4.79 Å². The SMILES string of the molecule is CC/C=C\C/C=C\C/C=C\C/C=C\C/C=C\C/C=C\C/C=C\C/C=C\CCCCCCCCCCCCCCC(=O)NC(COC1OC(CO)C(OC2OC(CO)C(OC3OC(CO)C(O)C(O)C3O)C(O)C2O)C(O)C1O)C(O)/C=C/CC/C=C/CC/C=C/CCCCCCCCC. The van der Waals surface area contributed by atoms with Gasteiger partial charge in [-0.1, -0.05) is 250 Å². The average molecular weight is 1400 g/mol. The molecule has 3 saturated heterocycles. The van der Waals surface area contributed by atoms with E-state index in [1.165, 1.54) is 89.9 Å². The molecule has 0 aliphatic carbocycles. The van der Waals surface area contributed by atoms with Crippen LogP contribution >= 0.6 is 0 Å². The smallest absolute Gasteiger partial charge is 0.220 e. The number of aliphatic hydroxyl groups excluding tert-OH is 11. The summed E-state index contributed by atoms with van der Waals surface area (Å²) in [5.41, 5.74) is 0. The maximum atomic E-state index is 13.4. The van der Waals surface area contributed by atoms with E-state index in [-0.39, 0.29) is 18.9 Å². The largest absolute Gasteiger partial charge is 0.394 e. The van der Waals surface area contributed by atoms with Gasteiger partial charge in [-0.2, -0.15) is 0 Å². The second-order valence-electron chi connectivity index (χ2n) is 26.4. The highest BCUT2D eigenvalue weighted by Gasteiger charge is 2.53. The predicted octanol–water partition coefficient (Wildman–Crippen LogP) is 11.7. The van der Waals surface area contributed by atoms with Crippen molar-refractivity contribution in [2.75, 3.05) is 26.4 Å². The molecule has 17 atom stereocenters. The zero-order valence-corrected chi connectivity index (χ0v) is 60.2. The molecule has 0 bridgehead atoms. The lowest BCUT2D eigenvalue weighted by Crippen LogP contribution is -2.66. The fourth-order valence-corrected chi connectivity index (χ4v) is 11.8. The van der Waals surface area contributed by atoms with Crippen LogP contribution in [-0.4, -0.2) is 193 Å². The summed E-state index contributed by atoms with van der Waals surface area (Å²) in [7, 11) is 0. The number of ether oxygens (including phenoxy) is 6. The number of nitrogens with one attached hydrogen (secondary N) is 1. The molecule has 17 unspecified atom stereocenters. The van der Waals surface area contributed by atoms with Crippen LogP contribution < -0.4 is 5.32 Å².